The molecular weight excluding hydrogens is 456 g/mol. The van der Waals surface area contributed by atoms with Crippen LogP contribution in [0.4, 0.5) is 10.2 Å². The third-order valence-electron chi connectivity index (χ3n) is 4.57. The van der Waals surface area contributed by atoms with Crippen LogP contribution in [0.1, 0.15) is 27.4 Å². The molecule has 4 rings (SSSR count). The van der Waals surface area contributed by atoms with E-state index in [1.165, 1.54) is 16.8 Å². The van der Waals surface area contributed by atoms with Crippen molar-refractivity contribution in [2.45, 2.75) is 20.1 Å². The summed E-state index contributed by atoms with van der Waals surface area (Å²) in [4.78, 5) is 12.5. The Morgan fingerprint density at radius 3 is 2.81 bits per heavy atom. The van der Waals surface area contributed by atoms with E-state index in [0.717, 1.165) is 5.56 Å². The molecule has 1 amide bonds. The van der Waals surface area contributed by atoms with Crippen molar-refractivity contribution < 1.29 is 18.3 Å². The Morgan fingerprint density at radius 2 is 2.03 bits per heavy atom. The smallest absolute Gasteiger partial charge is 0.292 e. The number of aromatic nitrogens is 2. The van der Waals surface area contributed by atoms with E-state index in [4.69, 9.17) is 32.4 Å². The highest BCUT2D eigenvalue weighted by atomic mass is 35.5. The molecule has 0 aliphatic heterocycles. The van der Waals surface area contributed by atoms with Crippen molar-refractivity contribution in [2.24, 2.45) is 0 Å². The maximum Gasteiger partial charge on any atom is 0.292 e. The quantitative estimate of drug-likeness (QED) is 0.351. The minimum atomic E-state index is -0.503. The van der Waals surface area contributed by atoms with Crippen LogP contribution in [0.25, 0.3) is 0 Å². The minimum absolute atomic E-state index is 0.0900. The number of ether oxygens (including phenoxy) is 1. The van der Waals surface area contributed by atoms with Gasteiger partial charge in [-0.05, 0) is 60.5 Å². The van der Waals surface area contributed by atoms with Crippen LogP contribution in [0, 0.1) is 12.7 Å². The molecule has 0 aliphatic rings. The summed E-state index contributed by atoms with van der Waals surface area (Å²) in [7, 11) is 0. The number of nitrogens with zero attached hydrogens (tertiary/aromatic N) is 2. The van der Waals surface area contributed by atoms with Crippen LogP contribution in [0.5, 0.6) is 5.75 Å². The fourth-order valence-electron chi connectivity index (χ4n) is 3.06. The van der Waals surface area contributed by atoms with Gasteiger partial charge in [-0.15, -0.1) is 0 Å². The summed E-state index contributed by atoms with van der Waals surface area (Å²) in [6.07, 6.45) is 1.55. The summed E-state index contributed by atoms with van der Waals surface area (Å²) in [5.41, 5.74) is 1.61. The molecule has 0 spiro atoms. The van der Waals surface area contributed by atoms with E-state index in [0.29, 0.717) is 28.6 Å². The normalized spacial score (nSPS) is 10.9. The number of carbonyl (C=O) groups excluding carboxylic acids is 1. The van der Waals surface area contributed by atoms with Crippen LogP contribution in [-0.2, 0) is 13.2 Å². The van der Waals surface area contributed by atoms with Gasteiger partial charge in [-0.2, -0.15) is 5.10 Å². The van der Waals surface area contributed by atoms with Gasteiger partial charge in [0.05, 0.1) is 6.54 Å². The zero-order chi connectivity index (χ0) is 22.7. The molecule has 0 bridgehead atoms. The van der Waals surface area contributed by atoms with E-state index in [9.17, 15) is 9.18 Å². The Bertz CT molecular complexity index is 1270. The number of halogens is 3. The third kappa shape index (κ3) is 5.30. The first-order valence-electron chi connectivity index (χ1n) is 9.64. The van der Waals surface area contributed by atoms with Gasteiger partial charge in [0, 0.05) is 11.2 Å². The van der Waals surface area contributed by atoms with E-state index in [1.54, 1.807) is 48.7 Å². The molecule has 0 saturated heterocycles. The van der Waals surface area contributed by atoms with Gasteiger partial charge in [-0.1, -0.05) is 35.3 Å². The number of aryl methyl sites for hydroxylation is 1. The van der Waals surface area contributed by atoms with Gasteiger partial charge < -0.3 is 14.5 Å². The molecule has 4 aromatic rings. The van der Waals surface area contributed by atoms with Crippen molar-refractivity contribution >= 4 is 34.9 Å². The first-order valence-corrected chi connectivity index (χ1v) is 10.4. The number of furan rings is 1. The van der Waals surface area contributed by atoms with Gasteiger partial charge in [-0.3, -0.25) is 9.48 Å². The van der Waals surface area contributed by atoms with E-state index in [-0.39, 0.29) is 29.0 Å². The second-order valence-corrected chi connectivity index (χ2v) is 7.92. The predicted octanol–water partition coefficient (Wildman–Crippen LogP) is 6.11. The molecule has 0 unspecified atom stereocenters. The first kappa shape index (κ1) is 21.9. The van der Waals surface area contributed by atoms with Gasteiger partial charge in [0.1, 0.15) is 29.0 Å². The molecule has 2 aromatic carbocycles. The number of carbonyl (C=O) groups is 1. The summed E-state index contributed by atoms with van der Waals surface area (Å²) in [6.45, 7) is 2.35. The third-order valence-corrected chi connectivity index (χ3v) is 5.09. The Kier molecular flexibility index (Phi) is 6.48. The van der Waals surface area contributed by atoms with Crippen molar-refractivity contribution in [1.29, 1.82) is 0 Å². The highest BCUT2D eigenvalue weighted by Crippen LogP contribution is 2.24. The molecule has 0 fully saturated rings. The molecular formula is C23H18Cl2FN3O3. The summed E-state index contributed by atoms with van der Waals surface area (Å²) in [5.74, 6) is 0.584. The average Bonchev–Trinajstić information content (AvgIpc) is 3.34. The van der Waals surface area contributed by atoms with Gasteiger partial charge >= 0.3 is 0 Å². The van der Waals surface area contributed by atoms with Crippen molar-refractivity contribution in [2.75, 3.05) is 5.32 Å². The van der Waals surface area contributed by atoms with Crippen molar-refractivity contribution in [3.63, 3.8) is 0 Å². The number of rotatable bonds is 7. The average molecular weight is 474 g/mol. The van der Waals surface area contributed by atoms with Crippen LogP contribution in [0.15, 0.2) is 65.2 Å². The van der Waals surface area contributed by atoms with Crippen LogP contribution < -0.4 is 10.1 Å². The molecule has 0 atom stereocenters. The van der Waals surface area contributed by atoms with Gasteiger partial charge in [-0.25, -0.2) is 4.39 Å². The molecule has 1 N–H and O–H groups in total. The zero-order valence-electron chi connectivity index (χ0n) is 16.9. The van der Waals surface area contributed by atoms with E-state index < -0.39 is 5.91 Å². The summed E-state index contributed by atoms with van der Waals surface area (Å²) in [5, 5.41) is 7.75. The van der Waals surface area contributed by atoms with E-state index in [1.807, 2.05) is 6.92 Å². The summed E-state index contributed by atoms with van der Waals surface area (Å²) >= 11 is 12.1. The Balaban J connectivity index is 1.38. The van der Waals surface area contributed by atoms with Gasteiger partial charge in [0.15, 0.2) is 11.6 Å². The maximum atomic E-state index is 13.4. The Labute approximate surface area is 193 Å². The molecule has 0 aliphatic carbocycles. The number of hydrogen-bond acceptors (Lipinski definition) is 4. The lowest BCUT2D eigenvalue weighted by molar-refractivity contribution is 0.0992. The Morgan fingerprint density at radius 1 is 1.19 bits per heavy atom. The van der Waals surface area contributed by atoms with Crippen molar-refractivity contribution in [3.05, 3.63) is 99.3 Å². The SMILES string of the molecule is Cc1cc(Cl)ccc1OCc1ccc(C(=O)Nc2nn(Cc3cccc(F)c3)cc2Cl)o1. The summed E-state index contributed by atoms with van der Waals surface area (Å²) < 4.78 is 26.2. The monoisotopic (exact) mass is 473 g/mol. The number of benzene rings is 2. The number of hydrogen-bond donors (Lipinski definition) is 1. The maximum absolute atomic E-state index is 13.4. The lowest BCUT2D eigenvalue weighted by Crippen LogP contribution is -2.12. The molecule has 2 heterocycles. The van der Waals surface area contributed by atoms with Crippen LogP contribution >= 0.6 is 23.2 Å². The molecule has 9 heteroatoms. The van der Waals surface area contributed by atoms with Gasteiger partial charge in [0.25, 0.3) is 5.91 Å². The lowest BCUT2D eigenvalue weighted by atomic mass is 10.2. The molecule has 164 valence electrons. The minimum Gasteiger partial charge on any atom is -0.485 e. The predicted molar refractivity (Wildman–Crippen MR) is 120 cm³/mol. The van der Waals surface area contributed by atoms with Gasteiger partial charge in [0.2, 0.25) is 0 Å². The number of amides is 1. The number of nitrogens with one attached hydrogen (secondary N) is 1. The second-order valence-electron chi connectivity index (χ2n) is 7.07. The highest BCUT2D eigenvalue weighted by Gasteiger charge is 2.16. The van der Waals surface area contributed by atoms with E-state index in [2.05, 4.69) is 10.4 Å². The second kappa shape index (κ2) is 9.46. The topological polar surface area (TPSA) is 69.3 Å². The fraction of sp³-hybridized carbons (Fsp3) is 0.130. The first-order chi connectivity index (χ1) is 15.4. The van der Waals surface area contributed by atoms with Crippen LogP contribution in [0.3, 0.4) is 0 Å². The highest BCUT2D eigenvalue weighted by molar-refractivity contribution is 6.33. The Hall–Kier alpha value is -3.29. The van der Waals surface area contributed by atoms with Crippen molar-refractivity contribution in [3.8, 4) is 5.75 Å². The molecule has 0 saturated carbocycles. The van der Waals surface area contributed by atoms with E-state index >= 15 is 0 Å². The van der Waals surface area contributed by atoms with Crippen molar-refractivity contribution in [1.82, 2.24) is 9.78 Å². The molecule has 2 aromatic heterocycles. The molecule has 32 heavy (non-hydrogen) atoms. The zero-order valence-corrected chi connectivity index (χ0v) is 18.5. The summed E-state index contributed by atoms with van der Waals surface area (Å²) in [6, 6.07) is 14.7. The number of anilines is 1. The van der Waals surface area contributed by atoms with Crippen LogP contribution in [0.2, 0.25) is 10.0 Å². The largest absolute Gasteiger partial charge is 0.485 e. The lowest BCUT2D eigenvalue weighted by Gasteiger charge is -2.07. The standard InChI is InChI=1S/C23H18Cl2FN3O3/c1-14-9-16(24)5-7-20(14)31-13-18-6-8-21(32-18)23(30)27-22-19(25)12-29(28-22)11-15-3-2-4-17(26)10-15/h2-10,12H,11,13H2,1H3,(H,27,28,30). The molecule has 0 radical (unpaired) electrons. The fourth-order valence-corrected chi connectivity index (χ4v) is 3.48. The molecule has 6 nitrogen and oxygen atoms in total. The van der Waals surface area contributed by atoms with Crippen LogP contribution in [-0.4, -0.2) is 15.7 Å².